The lowest BCUT2D eigenvalue weighted by Gasteiger charge is -2.35. The Hall–Kier alpha value is -0.290. The van der Waals surface area contributed by atoms with Crippen LogP contribution >= 0.6 is 27.5 Å². The molecule has 2 N–H and O–H groups in total. The van der Waals surface area contributed by atoms with Gasteiger partial charge in [-0.25, -0.2) is 0 Å². The molecule has 0 aliphatic carbocycles. The second kappa shape index (κ2) is 6.24. The first-order chi connectivity index (χ1) is 8.65. The maximum Gasteiger partial charge on any atom is 0.136 e. The Morgan fingerprint density at radius 3 is 2.72 bits per heavy atom. The lowest BCUT2D eigenvalue weighted by molar-refractivity contribution is 0.167. The van der Waals surface area contributed by atoms with Gasteiger partial charge in [0.1, 0.15) is 5.75 Å². The zero-order valence-corrected chi connectivity index (χ0v) is 12.8. The Kier molecular flexibility index (Phi) is 4.90. The van der Waals surface area contributed by atoms with E-state index in [0.29, 0.717) is 9.50 Å². The van der Waals surface area contributed by atoms with Crippen molar-refractivity contribution in [3.8, 4) is 5.75 Å². The summed E-state index contributed by atoms with van der Waals surface area (Å²) in [5.74, 6) is 0.271. The van der Waals surface area contributed by atoms with E-state index in [9.17, 15) is 5.11 Å². The minimum Gasteiger partial charge on any atom is -0.506 e. The summed E-state index contributed by atoms with van der Waals surface area (Å²) >= 11 is 9.63. The number of nitrogens with one attached hydrogen (secondary N) is 1. The van der Waals surface area contributed by atoms with Crippen LogP contribution in [-0.2, 0) is 0 Å². The van der Waals surface area contributed by atoms with Gasteiger partial charge in [0.2, 0.25) is 0 Å². The normalized spacial score (nSPS) is 18.8. The summed E-state index contributed by atoms with van der Waals surface area (Å²) < 4.78 is 0.704. The smallest absolute Gasteiger partial charge is 0.136 e. The number of halogens is 2. The number of piperazine rings is 1. The van der Waals surface area contributed by atoms with Crippen LogP contribution in [0.25, 0.3) is 0 Å². The highest BCUT2D eigenvalue weighted by atomic mass is 79.9. The fourth-order valence-electron chi connectivity index (χ4n) is 2.51. The van der Waals surface area contributed by atoms with Crippen LogP contribution in [-0.4, -0.2) is 36.2 Å². The Labute approximate surface area is 121 Å². The van der Waals surface area contributed by atoms with Crippen molar-refractivity contribution in [1.82, 2.24) is 10.2 Å². The van der Waals surface area contributed by atoms with E-state index in [-0.39, 0.29) is 11.8 Å². The summed E-state index contributed by atoms with van der Waals surface area (Å²) in [6.07, 6.45) is 0.934. The first-order valence-electron chi connectivity index (χ1n) is 6.26. The molecule has 0 bridgehead atoms. The molecule has 1 aromatic carbocycles. The van der Waals surface area contributed by atoms with Gasteiger partial charge in [-0.2, -0.15) is 0 Å². The van der Waals surface area contributed by atoms with Crippen molar-refractivity contribution in [2.45, 2.75) is 19.4 Å². The van der Waals surface area contributed by atoms with Gasteiger partial charge >= 0.3 is 0 Å². The third-order valence-electron chi connectivity index (χ3n) is 3.43. The number of phenolic OH excluding ortho intramolecular Hbond substituents is 1. The monoisotopic (exact) mass is 332 g/mol. The molecule has 0 unspecified atom stereocenters. The highest BCUT2D eigenvalue weighted by Gasteiger charge is 2.25. The average Bonchev–Trinajstić information content (AvgIpc) is 2.40. The van der Waals surface area contributed by atoms with Gasteiger partial charge in [-0.1, -0.05) is 18.5 Å². The highest BCUT2D eigenvalue weighted by molar-refractivity contribution is 9.10. The first-order valence-corrected chi connectivity index (χ1v) is 7.44. The lowest BCUT2D eigenvalue weighted by atomic mass is 10.0. The van der Waals surface area contributed by atoms with Crippen LogP contribution in [0.5, 0.6) is 5.75 Å². The lowest BCUT2D eigenvalue weighted by Crippen LogP contribution is -2.45. The van der Waals surface area contributed by atoms with Gasteiger partial charge < -0.3 is 10.4 Å². The molecule has 3 nitrogen and oxygen atoms in total. The zero-order valence-electron chi connectivity index (χ0n) is 10.4. The first kappa shape index (κ1) is 14.1. The zero-order chi connectivity index (χ0) is 13.1. The van der Waals surface area contributed by atoms with Crippen LogP contribution in [0.3, 0.4) is 0 Å². The molecule has 0 radical (unpaired) electrons. The number of hydrogen-bond donors (Lipinski definition) is 2. The molecule has 1 heterocycles. The molecule has 1 aromatic rings. The molecule has 2 rings (SSSR count). The van der Waals surface area contributed by atoms with Gasteiger partial charge in [0.05, 0.1) is 4.47 Å². The molecule has 0 aromatic heterocycles. The van der Waals surface area contributed by atoms with Crippen molar-refractivity contribution in [3.63, 3.8) is 0 Å². The average molecular weight is 334 g/mol. The topological polar surface area (TPSA) is 35.5 Å². The van der Waals surface area contributed by atoms with Gasteiger partial charge in [-0.05, 0) is 34.5 Å². The number of benzene rings is 1. The molecular weight excluding hydrogens is 316 g/mol. The molecular formula is C13H18BrClN2O. The molecule has 1 aliphatic heterocycles. The van der Waals surface area contributed by atoms with Gasteiger partial charge in [-0.3, -0.25) is 4.90 Å². The predicted octanol–water partition coefficient (Wildman–Crippen LogP) is 3.16. The van der Waals surface area contributed by atoms with Crippen LogP contribution in [0.1, 0.15) is 24.9 Å². The van der Waals surface area contributed by atoms with Crippen LogP contribution in [0, 0.1) is 0 Å². The predicted molar refractivity (Wildman–Crippen MR) is 78.3 cm³/mol. The maximum atomic E-state index is 10.2. The summed E-state index contributed by atoms with van der Waals surface area (Å²) in [7, 11) is 0. The fraction of sp³-hybridized carbons (Fsp3) is 0.538. The molecule has 1 atom stereocenters. The number of hydrogen-bond acceptors (Lipinski definition) is 3. The second-order valence-corrected chi connectivity index (χ2v) is 5.76. The summed E-state index contributed by atoms with van der Waals surface area (Å²) in [5, 5.41) is 14.2. The van der Waals surface area contributed by atoms with E-state index in [0.717, 1.165) is 38.2 Å². The fourth-order valence-corrected chi connectivity index (χ4v) is 3.14. The van der Waals surface area contributed by atoms with Crippen LogP contribution in [0.2, 0.25) is 5.02 Å². The Morgan fingerprint density at radius 2 is 2.11 bits per heavy atom. The van der Waals surface area contributed by atoms with Crippen LogP contribution < -0.4 is 5.32 Å². The van der Waals surface area contributed by atoms with Gasteiger partial charge in [-0.15, -0.1) is 0 Å². The van der Waals surface area contributed by atoms with Crippen LogP contribution in [0.15, 0.2) is 16.6 Å². The second-order valence-electron chi connectivity index (χ2n) is 4.50. The van der Waals surface area contributed by atoms with Crippen molar-refractivity contribution < 1.29 is 5.11 Å². The minimum atomic E-state index is 0.178. The highest BCUT2D eigenvalue weighted by Crippen LogP contribution is 2.40. The van der Waals surface area contributed by atoms with Gasteiger partial charge in [0.25, 0.3) is 0 Å². The molecule has 1 aliphatic rings. The largest absolute Gasteiger partial charge is 0.506 e. The molecule has 5 heteroatoms. The maximum absolute atomic E-state index is 10.2. The van der Waals surface area contributed by atoms with Crippen molar-refractivity contribution in [3.05, 3.63) is 27.2 Å². The molecule has 100 valence electrons. The minimum absolute atomic E-state index is 0.178. The third kappa shape index (κ3) is 2.82. The SMILES string of the molecule is CC[C@H](c1c(Cl)ccc(Br)c1O)N1CCNCC1. The van der Waals surface area contributed by atoms with Gasteiger partial charge in [0, 0.05) is 42.8 Å². The molecule has 0 saturated carbocycles. The van der Waals surface area contributed by atoms with E-state index >= 15 is 0 Å². The van der Waals surface area contributed by atoms with Crippen molar-refractivity contribution >= 4 is 27.5 Å². The quantitative estimate of drug-likeness (QED) is 0.892. The van der Waals surface area contributed by atoms with Crippen molar-refractivity contribution in [1.29, 1.82) is 0 Å². The van der Waals surface area contributed by atoms with Crippen LogP contribution in [0.4, 0.5) is 0 Å². The Bertz CT molecular complexity index is 422. The van der Waals surface area contributed by atoms with E-state index in [1.165, 1.54) is 0 Å². The molecule has 1 fully saturated rings. The molecule has 18 heavy (non-hydrogen) atoms. The number of phenols is 1. The molecule has 0 spiro atoms. The Balaban J connectivity index is 2.34. The van der Waals surface area contributed by atoms with Crippen molar-refractivity contribution in [2.24, 2.45) is 0 Å². The molecule has 1 saturated heterocycles. The standard InChI is InChI=1S/C13H18BrClN2O/c1-2-11(17-7-5-16-6-8-17)12-10(15)4-3-9(14)13(12)18/h3-4,11,16,18H,2,5-8H2,1H3/t11-/m1/s1. The van der Waals surface area contributed by atoms with E-state index in [4.69, 9.17) is 11.6 Å². The van der Waals surface area contributed by atoms with E-state index in [1.807, 2.05) is 6.07 Å². The number of nitrogens with zero attached hydrogens (tertiary/aromatic N) is 1. The van der Waals surface area contributed by atoms with E-state index < -0.39 is 0 Å². The number of rotatable bonds is 3. The Morgan fingerprint density at radius 1 is 1.44 bits per heavy atom. The molecule has 0 amide bonds. The number of aromatic hydroxyl groups is 1. The summed E-state index contributed by atoms with van der Waals surface area (Å²) in [5.41, 5.74) is 0.843. The summed E-state index contributed by atoms with van der Waals surface area (Å²) in [4.78, 5) is 2.38. The van der Waals surface area contributed by atoms with E-state index in [1.54, 1.807) is 6.07 Å². The summed E-state index contributed by atoms with van der Waals surface area (Å²) in [6.45, 7) is 6.08. The third-order valence-corrected chi connectivity index (χ3v) is 4.40. The van der Waals surface area contributed by atoms with E-state index in [2.05, 4.69) is 33.1 Å². The van der Waals surface area contributed by atoms with Crippen molar-refractivity contribution in [2.75, 3.05) is 26.2 Å². The summed E-state index contributed by atoms with van der Waals surface area (Å²) in [6, 6.07) is 3.80. The van der Waals surface area contributed by atoms with Gasteiger partial charge in [0.15, 0.2) is 0 Å².